The highest BCUT2D eigenvalue weighted by Gasteiger charge is 2.18. The Labute approximate surface area is 209 Å². The van der Waals surface area contributed by atoms with Crippen molar-refractivity contribution < 1.29 is 9.13 Å². The first-order chi connectivity index (χ1) is 17.5. The minimum Gasteiger partial charge on any atom is -0.494 e. The highest BCUT2D eigenvalue weighted by atomic mass is 19.1. The van der Waals surface area contributed by atoms with Gasteiger partial charge in [-0.1, -0.05) is 0 Å². The number of halogens is 1. The molecule has 0 radical (unpaired) electrons. The summed E-state index contributed by atoms with van der Waals surface area (Å²) in [5.41, 5.74) is 5.83. The van der Waals surface area contributed by atoms with Crippen molar-refractivity contribution in [3.8, 4) is 28.4 Å². The van der Waals surface area contributed by atoms with E-state index in [4.69, 9.17) is 14.7 Å². The molecule has 0 spiro atoms. The molecule has 0 saturated heterocycles. The second kappa shape index (κ2) is 10.1. The lowest BCUT2D eigenvalue weighted by molar-refractivity contribution is 0.340. The molecule has 0 saturated carbocycles. The number of hydrogen-bond acceptors (Lipinski definition) is 6. The molecule has 8 heteroatoms. The van der Waals surface area contributed by atoms with Crippen LogP contribution in [-0.4, -0.2) is 45.0 Å². The lowest BCUT2D eigenvalue weighted by atomic mass is 10.1. The summed E-state index contributed by atoms with van der Waals surface area (Å²) in [7, 11) is 4.07. The number of nitrogens with zero attached hydrogens (tertiary/aromatic N) is 5. The van der Waals surface area contributed by atoms with Crippen LogP contribution in [0, 0.1) is 5.82 Å². The summed E-state index contributed by atoms with van der Waals surface area (Å²) in [5.74, 6) is 0.975. The fourth-order valence-electron chi connectivity index (χ4n) is 4.09. The summed E-state index contributed by atoms with van der Waals surface area (Å²) in [6.45, 7) is 3.37. The van der Waals surface area contributed by atoms with Gasteiger partial charge in [-0.2, -0.15) is 0 Å². The summed E-state index contributed by atoms with van der Waals surface area (Å²) in [4.78, 5) is 16.2. The van der Waals surface area contributed by atoms with Gasteiger partial charge in [0.2, 0.25) is 5.95 Å². The van der Waals surface area contributed by atoms with E-state index in [2.05, 4.69) is 27.3 Å². The average molecular weight is 483 g/mol. The van der Waals surface area contributed by atoms with Crippen molar-refractivity contribution in [3.63, 3.8) is 0 Å². The molecular formula is C28H27FN6O. The van der Waals surface area contributed by atoms with Crippen molar-refractivity contribution in [2.45, 2.75) is 13.5 Å². The van der Waals surface area contributed by atoms with Gasteiger partial charge in [0, 0.05) is 30.2 Å². The maximum atomic E-state index is 13.7. The fourth-order valence-corrected chi connectivity index (χ4v) is 4.09. The molecule has 0 amide bonds. The first kappa shape index (κ1) is 23.4. The van der Waals surface area contributed by atoms with Crippen LogP contribution in [0.2, 0.25) is 0 Å². The SMILES string of the molecule is CCOc1ccc(Nc2nccc(-c3c(-c4ccc(F)cc4)nc4cc(CN(C)C)ccn34)n2)cc1. The molecule has 0 bridgehead atoms. The van der Waals surface area contributed by atoms with Gasteiger partial charge in [-0.25, -0.2) is 19.3 Å². The maximum absolute atomic E-state index is 13.7. The van der Waals surface area contributed by atoms with Crippen molar-refractivity contribution in [1.29, 1.82) is 0 Å². The molecule has 182 valence electrons. The second-order valence-electron chi connectivity index (χ2n) is 8.66. The number of aromatic nitrogens is 4. The molecule has 0 fully saturated rings. The lowest BCUT2D eigenvalue weighted by Gasteiger charge is -2.11. The number of imidazole rings is 1. The van der Waals surface area contributed by atoms with Crippen LogP contribution < -0.4 is 10.1 Å². The van der Waals surface area contributed by atoms with Crippen molar-refractivity contribution in [3.05, 3.63) is 90.5 Å². The molecular weight excluding hydrogens is 455 g/mol. The predicted molar refractivity (Wildman–Crippen MR) is 140 cm³/mol. The smallest absolute Gasteiger partial charge is 0.227 e. The summed E-state index contributed by atoms with van der Waals surface area (Å²) >= 11 is 0. The van der Waals surface area contributed by atoms with Crippen LogP contribution >= 0.6 is 0 Å². The third-order valence-corrected chi connectivity index (χ3v) is 5.63. The molecule has 36 heavy (non-hydrogen) atoms. The quantitative estimate of drug-likeness (QED) is 0.301. The Balaban J connectivity index is 1.57. The van der Waals surface area contributed by atoms with Gasteiger partial charge in [0.05, 0.1) is 23.7 Å². The van der Waals surface area contributed by atoms with Gasteiger partial charge >= 0.3 is 0 Å². The van der Waals surface area contributed by atoms with Gasteiger partial charge < -0.3 is 15.0 Å². The Hall–Kier alpha value is -4.30. The van der Waals surface area contributed by atoms with E-state index in [-0.39, 0.29) is 5.82 Å². The van der Waals surface area contributed by atoms with E-state index in [9.17, 15) is 4.39 Å². The number of rotatable bonds is 8. The Kier molecular flexibility index (Phi) is 6.60. The number of anilines is 2. The molecule has 3 aromatic heterocycles. The zero-order valence-electron chi connectivity index (χ0n) is 20.4. The average Bonchev–Trinajstić information content (AvgIpc) is 3.24. The zero-order valence-corrected chi connectivity index (χ0v) is 20.4. The van der Waals surface area contributed by atoms with Crippen molar-refractivity contribution in [1.82, 2.24) is 24.3 Å². The fraction of sp³-hybridized carbons (Fsp3) is 0.179. The standard InChI is InChI=1S/C28H27FN6O/c1-4-36-23-11-9-22(10-12-23)31-28-30-15-13-24(32-28)27-26(20-5-7-21(29)8-6-20)33-25-17-19(18-34(2)3)14-16-35(25)27/h5-17H,4,18H2,1-3H3,(H,30,31,32). The number of benzene rings is 2. The van der Waals surface area contributed by atoms with E-state index < -0.39 is 0 Å². The molecule has 0 atom stereocenters. The first-order valence-electron chi connectivity index (χ1n) is 11.7. The molecule has 1 N–H and O–H groups in total. The molecule has 5 rings (SSSR count). The monoisotopic (exact) mass is 482 g/mol. The van der Waals surface area contributed by atoms with Crippen LogP contribution in [0.15, 0.2) is 79.1 Å². The summed E-state index contributed by atoms with van der Waals surface area (Å²) in [6, 6.07) is 20.0. The van der Waals surface area contributed by atoms with Crippen molar-refractivity contribution in [2.24, 2.45) is 0 Å². The highest BCUT2D eigenvalue weighted by Crippen LogP contribution is 2.33. The predicted octanol–water partition coefficient (Wildman–Crippen LogP) is 5.80. The second-order valence-corrected chi connectivity index (χ2v) is 8.66. The van der Waals surface area contributed by atoms with E-state index in [1.807, 2.05) is 61.9 Å². The Morgan fingerprint density at radius 3 is 2.47 bits per heavy atom. The molecule has 0 unspecified atom stereocenters. The molecule has 0 aliphatic carbocycles. The topological polar surface area (TPSA) is 67.6 Å². The number of pyridine rings is 1. The van der Waals surface area contributed by atoms with Crippen LogP contribution in [0.25, 0.3) is 28.3 Å². The molecule has 7 nitrogen and oxygen atoms in total. The Bertz CT molecular complexity index is 1480. The first-order valence-corrected chi connectivity index (χ1v) is 11.7. The normalized spacial score (nSPS) is 11.2. The number of hydrogen-bond donors (Lipinski definition) is 1. The van der Waals surface area contributed by atoms with E-state index in [1.165, 1.54) is 12.1 Å². The Morgan fingerprint density at radius 1 is 0.972 bits per heavy atom. The van der Waals surface area contributed by atoms with Gasteiger partial charge in [-0.05, 0) is 93.3 Å². The van der Waals surface area contributed by atoms with Crippen LogP contribution in [0.3, 0.4) is 0 Å². The van der Waals surface area contributed by atoms with E-state index >= 15 is 0 Å². The van der Waals surface area contributed by atoms with Crippen LogP contribution in [-0.2, 0) is 6.54 Å². The minimum atomic E-state index is -0.291. The summed E-state index contributed by atoms with van der Waals surface area (Å²) < 4.78 is 21.2. The molecule has 0 aliphatic rings. The number of fused-ring (bicyclic) bond motifs is 1. The summed E-state index contributed by atoms with van der Waals surface area (Å²) in [6.07, 6.45) is 3.72. The molecule has 0 aliphatic heterocycles. The van der Waals surface area contributed by atoms with Gasteiger partial charge in [0.25, 0.3) is 0 Å². The summed E-state index contributed by atoms with van der Waals surface area (Å²) in [5, 5.41) is 3.26. The minimum absolute atomic E-state index is 0.291. The van der Waals surface area contributed by atoms with Crippen LogP contribution in [0.1, 0.15) is 12.5 Å². The third kappa shape index (κ3) is 5.04. The van der Waals surface area contributed by atoms with Gasteiger partial charge in [0.15, 0.2) is 0 Å². The lowest BCUT2D eigenvalue weighted by Crippen LogP contribution is -2.10. The maximum Gasteiger partial charge on any atom is 0.227 e. The van der Waals surface area contributed by atoms with E-state index in [0.29, 0.717) is 18.2 Å². The van der Waals surface area contributed by atoms with Gasteiger partial charge in [-0.15, -0.1) is 0 Å². The van der Waals surface area contributed by atoms with Crippen LogP contribution in [0.4, 0.5) is 16.0 Å². The Morgan fingerprint density at radius 2 is 1.75 bits per heavy atom. The largest absolute Gasteiger partial charge is 0.494 e. The van der Waals surface area contributed by atoms with Crippen LogP contribution in [0.5, 0.6) is 5.75 Å². The van der Waals surface area contributed by atoms with Crippen molar-refractivity contribution >= 4 is 17.3 Å². The molecule has 5 aromatic rings. The van der Waals surface area contributed by atoms with Crippen molar-refractivity contribution in [2.75, 3.05) is 26.0 Å². The number of ether oxygens (including phenoxy) is 1. The number of nitrogens with one attached hydrogen (secondary N) is 1. The third-order valence-electron chi connectivity index (χ3n) is 5.63. The van der Waals surface area contributed by atoms with Gasteiger partial charge in [0.1, 0.15) is 17.2 Å². The van der Waals surface area contributed by atoms with Gasteiger partial charge in [-0.3, -0.25) is 4.40 Å². The van der Waals surface area contributed by atoms with E-state index in [1.54, 1.807) is 18.3 Å². The molecule has 3 heterocycles. The zero-order chi connectivity index (χ0) is 25.1. The van der Waals surface area contributed by atoms with E-state index in [0.717, 1.165) is 46.1 Å². The molecule has 2 aromatic carbocycles. The highest BCUT2D eigenvalue weighted by molar-refractivity contribution is 5.81.